The monoisotopic (exact) mass is 420 g/mol. The van der Waals surface area contributed by atoms with Gasteiger partial charge in [-0.05, 0) is 31.0 Å². The van der Waals surface area contributed by atoms with Crippen molar-refractivity contribution in [1.82, 2.24) is 0 Å². The van der Waals surface area contributed by atoms with Crippen LogP contribution in [0.15, 0.2) is 11.6 Å². The van der Waals surface area contributed by atoms with Gasteiger partial charge in [0.05, 0.1) is 12.2 Å². The zero-order chi connectivity index (χ0) is 19.3. The molecule has 0 bridgehead atoms. The van der Waals surface area contributed by atoms with Crippen LogP contribution < -0.4 is 0 Å². The lowest BCUT2D eigenvalue weighted by Gasteiger charge is -2.44. The van der Waals surface area contributed by atoms with Gasteiger partial charge < -0.3 is 9.53 Å². The van der Waals surface area contributed by atoms with Gasteiger partial charge in [0.2, 0.25) is 0 Å². The molecule has 0 aliphatic heterocycles. The second-order valence-electron chi connectivity index (χ2n) is 9.08. The summed E-state index contributed by atoms with van der Waals surface area (Å²) in [6, 6.07) is 0. The number of hydrogen-bond donors (Lipinski definition) is 1. The Kier molecular flexibility index (Phi) is 10.0. The summed E-state index contributed by atoms with van der Waals surface area (Å²) in [6.45, 7) is 22.3. The van der Waals surface area contributed by atoms with Gasteiger partial charge in [0, 0.05) is 17.2 Å². The maximum atomic E-state index is 10.9. The summed E-state index contributed by atoms with van der Waals surface area (Å²) in [5.41, 5.74) is 1.26. The molecule has 1 N–H and O–H groups in total. The Balaban J connectivity index is 5.39. The minimum atomic E-state index is -1.86. The molecule has 0 saturated carbocycles. The minimum absolute atomic E-state index is 0.103. The summed E-state index contributed by atoms with van der Waals surface area (Å²) in [7, 11) is -1.86. The first kappa shape index (κ1) is 24.4. The Bertz CT molecular complexity index is 401. The second kappa shape index (κ2) is 9.89. The van der Waals surface area contributed by atoms with Gasteiger partial charge in [0.1, 0.15) is 0 Å². The summed E-state index contributed by atoms with van der Waals surface area (Å²) in [4.78, 5) is 0. The molecule has 0 aliphatic rings. The molecule has 24 heavy (non-hydrogen) atoms. The van der Waals surface area contributed by atoms with E-state index in [9.17, 15) is 5.11 Å². The highest BCUT2D eigenvalue weighted by Gasteiger charge is 2.42. The molecule has 2 nitrogen and oxygen atoms in total. The van der Waals surface area contributed by atoms with Crippen LogP contribution in [0, 0.1) is 17.8 Å². The van der Waals surface area contributed by atoms with Gasteiger partial charge in [-0.3, -0.25) is 0 Å². The average Bonchev–Trinajstić information content (AvgIpc) is 2.48. The number of alkyl halides is 1. The predicted octanol–water partition coefficient (Wildman–Crippen LogP) is 6.40. The molecule has 4 heteroatoms. The minimum Gasteiger partial charge on any atom is -0.413 e. The number of halogens is 1. The lowest BCUT2D eigenvalue weighted by Crippen LogP contribution is -2.49. The maximum Gasteiger partial charge on any atom is 0.192 e. The van der Waals surface area contributed by atoms with Crippen LogP contribution in [0.3, 0.4) is 0 Å². The first-order valence-electron chi connectivity index (χ1n) is 9.37. The molecular weight excluding hydrogens is 380 g/mol. The summed E-state index contributed by atoms with van der Waals surface area (Å²) in [5, 5.41) is 12.0. The lowest BCUT2D eigenvalue weighted by atomic mass is 9.83. The van der Waals surface area contributed by atoms with Gasteiger partial charge in [-0.15, -0.1) is 0 Å². The van der Waals surface area contributed by atoms with Crippen LogP contribution >= 0.6 is 15.9 Å². The highest BCUT2D eigenvalue weighted by Crippen LogP contribution is 2.40. The highest BCUT2D eigenvalue weighted by molar-refractivity contribution is 9.09. The van der Waals surface area contributed by atoms with Crippen molar-refractivity contribution >= 4 is 24.2 Å². The van der Waals surface area contributed by atoms with Crippen LogP contribution in [-0.2, 0) is 4.43 Å². The van der Waals surface area contributed by atoms with Crippen molar-refractivity contribution in [2.75, 3.05) is 5.33 Å². The molecule has 0 radical (unpaired) electrons. The summed E-state index contributed by atoms with van der Waals surface area (Å²) < 4.78 is 6.77. The van der Waals surface area contributed by atoms with E-state index in [-0.39, 0.29) is 29.1 Å². The zero-order valence-corrected chi connectivity index (χ0v) is 20.2. The Labute approximate surface area is 160 Å². The summed E-state index contributed by atoms with van der Waals surface area (Å²) in [5.74, 6) is 0.688. The van der Waals surface area contributed by atoms with E-state index < -0.39 is 8.32 Å². The molecule has 0 rings (SSSR count). The van der Waals surface area contributed by atoms with Gasteiger partial charge in [0.25, 0.3) is 0 Å². The van der Waals surface area contributed by atoms with Crippen LogP contribution in [0.4, 0.5) is 0 Å². The Morgan fingerprint density at radius 3 is 2.08 bits per heavy atom. The van der Waals surface area contributed by atoms with Gasteiger partial charge in [-0.25, -0.2) is 0 Å². The van der Waals surface area contributed by atoms with E-state index in [0.717, 1.165) is 11.8 Å². The van der Waals surface area contributed by atoms with Crippen molar-refractivity contribution in [2.45, 2.75) is 92.2 Å². The predicted molar refractivity (Wildman–Crippen MR) is 113 cm³/mol. The number of aliphatic hydroxyl groups is 1. The average molecular weight is 422 g/mol. The van der Waals surface area contributed by atoms with E-state index in [1.165, 1.54) is 5.57 Å². The number of allylic oxidation sites excluding steroid dienone is 1. The number of aliphatic hydroxyl groups excluding tert-OH is 1. The maximum absolute atomic E-state index is 10.9. The van der Waals surface area contributed by atoms with Crippen LogP contribution in [0.25, 0.3) is 0 Å². The largest absolute Gasteiger partial charge is 0.413 e. The highest BCUT2D eigenvalue weighted by atomic mass is 79.9. The smallest absolute Gasteiger partial charge is 0.192 e. The van der Waals surface area contributed by atoms with Crippen LogP contribution in [-0.4, -0.2) is 31.0 Å². The van der Waals surface area contributed by atoms with Gasteiger partial charge in [0.15, 0.2) is 8.32 Å². The molecule has 5 atom stereocenters. The fourth-order valence-electron chi connectivity index (χ4n) is 2.76. The van der Waals surface area contributed by atoms with Crippen molar-refractivity contribution in [3.05, 3.63) is 11.6 Å². The third-order valence-corrected chi connectivity index (χ3v) is 11.2. The molecule has 0 aromatic heterocycles. The van der Waals surface area contributed by atoms with E-state index in [4.69, 9.17) is 4.43 Å². The first-order chi connectivity index (χ1) is 10.8. The molecule has 144 valence electrons. The zero-order valence-electron chi connectivity index (χ0n) is 17.6. The van der Waals surface area contributed by atoms with E-state index in [1.54, 1.807) is 0 Å². The van der Waals surface area contributed by atoms with Crippen LogP contribution in [0.5, 0.6) is 0 Å². The van der Waals surface area contributed by atoms with E-state index in [0.29, 0.717) is 5.92 Å². The van der Waals surface area contributed by atoms with Crippen molar-refractivity contribution in [3.8, 4) is 0 Å². The molecule has 0 heterocycles. The van der Waals surface area contributed by atoms with E-state index >= 15 is 0 Å². The van der Waals surface area contributed by atoms with Crippen molar-refractivity contribution in [2.24, 2.45) is 17.8 Å². The second-order valence-corrected chi connectivity index (χ2v) is 14.4. The van der Waals surface area contributed by atoms with Crippen molar-refractivity contribution in [1.29, 1.82) is 0 Å². The molecule has 0 unspecified atom stereocenters. The van der Waals surface area contributed by atoms with E-state index in [2.05, 4.69) is 90.5 Å². The topological polar surface area (TPSA) is 29.5 Å². The SMILES string of the molecule is CC[C@H](C)[C@@H](O[Si](C)(C)C(C)(C)C)[C@H](C)[C@H](O)[C@H](C)/C=C(\C)CBr. The van der Waals surface area contributed by atoms with Crippen molar-refractivity contribution < 1.29 is 9.53 Å². The third kappa shape index (κ3) is 6.93. The van der Waals surface area contributed by atoms with Gasteiger partial charge in [-0.2, -0.15) is 0 Å². The Hall–Kier alpha value is 0.357. The quantitative estimate of drug-likeness (QED) is 0.265. The molecule has 0 fully saturated rings. The number of hydrogen-bond acceptors (Lipinski definition) is 2. The molecule has 0 aliphatic carbocycles. The molecule has 0 aromatic carbocycles. The normalized spacial score (nSPS) is 20.4. The fraction of sp³-hybridized carbons (Fsp3) is 0.900. The molecule has 0 amide bonds. The lowest BCUT2D eigenvalue weighted by molar-refractivity contribution is -0.0142. The van der Waals surface area contributed by atoms with Gasteiger partial charge in [-0.1, -0.05) is 82.5 Å². The third-order valence-electron chi connectivity index (χ3n) is 5.80. The van der Waals surface area contributed by atoms with E-state index in [1.807, 2.05) is 0 Å². The van der Waals surface area contributed by atoms with Crippen molar-refractivity contribution in [3.63, 3.8) is 0 Å². The fourth-order valence-corrected chi connectivity index (χ4v) is 4.42. The van der Waals surface area contributed by atoms with Crippen LogP contribution in [0.1, 0.15) is 61.8 Å². The van der Waals surface area contributed by atoms with Crippen LogP contribution in [0.2, 0.25) is 18.1 Å². The Morgan fingerprint density at radius 1 is 1.21 bits per heavy atom. The molecule has 0 spiro atoms. The number of rotatable bonds is 9. The van der Waals surface area contributed by atoms with Gasteiger partial charge >= 0.3 is 0 Å². The first-order valence-corrected chi connectivity index (χ1v) is 13.4. The summed E-state index contributed by atoms with van der Waals surface area (Å²) >= 11 is 3.49. The molecular formula is C20H41BrO2Si. The standard InChI is InChI=1S/C20H41BrO2Si/c1-11-15(3)19(23-24(9,10)20(6,7)8)17(5)18(22)16(4)12-14(2)13-21/h12,15-19,22H,11,13H2,1-10H3/b14-12+/t15-,16+,17+,18+,19+/m0/s1. The molecule has 0 saturated heterocycles. The Morgan fingerprint density at radius 2 is 1.71 bits per heavy atom. The summed E-state index contributed by atoms with van der Waals surface area (Å²) in [6.07, 6.45) is 2.96. The molecule has 0 aromatic rings.